The van der Waals surface area contributed by atoms with Crippen molar-refractivity contribution < 1.29 is 4.79 Å². The van der Waals surface area contributed by atoms with Gasteiger partial charge in [-0.25, -0.2) is 4.79 Å². The van der Waals surface area contributed by atoms with E-state index >= 15 is 0 Å². The van der Waals surface area contributed by atoms with E-state index in [-0.39, 0.29) is 18.1 Å². The Labute approximate surface area is 142 Å². The number of nitrogens with zero attached hydrogens (tertiary/aromatic N) is 3. The fourth-order valence-electron chi connectivity index (χ4n) is 3.57. The molecular weight excluding hydrogens is 304 g/mol. The predicted molar refractivity (Wildman–Crippen MR) is 95.0 cm³/mol. The van der Waals surface area contributed by atoms with Crippen molar-refractivity contribution in [3.8, 4) is 0 Å². The fraction of sp³-hybridized carbons (Fsp3) is 0.556. The lowest BCUT2D eigenvalue weighted by Gasteiger charge is -2.32. The minimum absolute atomic E-state index is 0.0421. The number of hydrogen-bond acceptors (Lipinski definition) is 3. The smallest absolute Gasteiger partial charge is 0.329 e. The average Bonchev–Trinajstić information content (AvgIpc) is 2.85. The maximum atomic E-state index is 12.6. The minimum atomic E-state index is -0.131. The normalized spacial score (nSPS) is 16.0. The monoisotopic (exact) mass is 330 g/mol. The van der Waals surface area contributed by atoms with Crippen LogP contribution in [0.25, 0.3) is 11.0 Å². The van der Waals surface area contributed by atoms with Gasteiger partial charge in [0.2, 0.25) is 5.91 Å². The van der Waals surface area contributed by atoms with Crippen LogP contribution in [0.4, 0.5) is 0 Å². The first kappa shape index (κ1) is 16.8. The summed E-state index contributed by atoms with van der Waals surface area (Å²) in [5.74, 6) is 0.738. The van der Waals surface area contributed by atoms with Crippen molar-refractivity contribution in [1.29, 1.82) is 0 Å². The SMILES string of the molecule is CNCCC1CCN(C(=O)Cn2c(=O)n(C)c3ccccc32)CC1. The number of piperidine rings is 1. The van der Waals surface area contributed by atoms with Crippen LogP contribution in [0.1, 0.15) is 19.3 Å². The van der Waals surface area contributed by atoms with E-state index in [1.165, 1.54) is 6.42 Å². The molecule has 1 N–H and O–H groups in total. The van der Waals surface area contributed by atoms with E-state index in [1.54, 1.807) is 16.2 Å². The first-order chi connectivity index (χ1) is 11.6. The number of carbonyl (C=O) groups is 1. The Morgan fingerprint density at radius 2 is 1.88 bits per heavy atom. The zero-order chi connectivity index (χ0) is 17.1. The van der Waals surface area contributed by atoms with E-state index < -0.39 is 0 Å². The molecule has 2 heterocycles. The van der Waals surface area contributed by atoms with Crippen molar-refractivity contribution in [2.75, 3.05) is 26.7 Å². The van der Waals surface area contributed by atoms with Gasteiger partial charge in [-0.2, -0.15) is 0 Å². The van der Waals surface area contributed by atoms with Crippen molar-refractivity contribution in [2.24, 2.45) is 13.0 Å². The molecule has 130 valence electrons. The highest BCUT2D eigenvalue weighted by Crippen LogP contribution is 2.20. The maximum Gasteiger partial charge on any atom is 0.329 e. The second-order valence-corrected chi connectivity index (χ2v) is 6.63. The number of rotatable bonds is 5. The summed E-state index contributed by atoms with van der Waals surface area (Å²) in [5, 5.41) is 3.19. The molecule has 1 amide bonds. The highest BCUT2D eigenvalue weighted by Gasteiger charge is 2.23. The van der Waals surface area contributed by atoms with Crippen LogP contribution < -0.4 is 11.0 Å². The molecular formula is C18H26N4O2. The molecule has 3 rings (SSSR count). The van der Waals surface area contributed by atoms with Gasteiger partial charge in [0.1, 0.15) is 6.54 Å². The van der Waals surface area contributed by atoms with Crippen molar-refractivity contribution in [1.82, 2.24) is 19.4 Å². The Balaban J connectivity index is 1.68. The summed E-state index contributed by atoms with van der Waals surface area (Å²) in [5.41, 5.74) is 1.55. The minimum Gasteiger partial charge on any atom is -0.341 e. The molecule has 0 unspecified atom stereocenters. The van der Waals surface area contributed by atoms with Crippen LogP contribution in [0.15, 0.2) is 29.1 Å². The average molecular weight is 330 g/mol. The third-order valence-electron chi connectivity index (χ3n) is 5.11. The quantitative estimate of drug-likeness (QED) is 0.896. The van der Waals surface area contributed by atoms with Crippen LogP contribution in [0.5, 0.6) is 0 Å². The number of likely N-dealkylation sites (tertiary alicyclic amines) is 1. The summed E-state index contributed by atoms with van der Waals surface area (Å²) in [6.07, 6.45) is 3.27. The second kappa shape index (κ2) is 7.21. The molecule has 2 aromatic rings. The summed E-state index contributed by atoms with van der Waals surface area (Å²) in [6.45, 7) is 2.75. The van der Waals surface area contributed by atoms with Gasteiger partial charge in [-0.15, -0.1) is 0 Å². The van der Waals surface area contributed by atoms with Crippen LogP contribution in [0, 0.1) is 5.92 Å². The maximum absolute atomic E-state index is 12.6. The Morgan fingerprint density at radius 3 is 2.54 bits per heavy atom. The Morgan fingerprint density at radius 1 is 1.21 bits per heavy atom. The van der Waals surface area contributed by atoms with Gasteiger partial charge >= 0.3 is 5.69 Å². The van der Waals surface area contributed by atoms with E-state index in [0.29, 0.717) is 5.92 Å². The summed E-state index contributed by atoms with van der Waals surface area (Å²) < 4.78 is 3.19. The molecule has 0 radical (unpaired) electrons. The van der Waals surface area contributed by atoms with Gasteiger partial charge in [0.25, 0.3) is 0 Å². The van der Waals surface area contributed by atoms with Gasteiger partial charge in [-0.1, -0.05) is 12.1 Å². The molecule has 6 nitrogen and oxygen atoms in total. The molecule has 0 aliphatic carbocycles. The highest BCUT2D eigenvalue weighted by molar-refractivity contribution is 5.81. The van der Waals surface area contributed by atoms with Gasteiger partial charge in [0.15, 0.2) is 0 Å². The molecule has 1 aliphatic rings. The molecule has 1 aromatic carbocycles. The third-order valence-corrected chi connectivity index (χ3v) is 5.11. The molecule has 6 heteroatoms. The first-order valence-electron chi connectivity index (χ1n) is 8.68. The molecule has 0 saturated carbocycles. The van der Waals surface area contributed by atoms with E-state index in [2.05, 4.69) is 5.32 Å². The van der Waals surface area contributed by atoms with Crippen molar-refractivity contribution >= 4 is 16.9 Å². The Hall–Kier alpha value is -2.08. The van der Waals surface area contributed by atoms with Gasteiger partial charge in [0, 0.05) is 20.1 Å². The second-order valence-electron chi connectivity index (χ2n) is 6.63. The zero-order valence-electron chi connectivity index (χ0n) is 14.5. The number of amides is 1. The molecule has 1 aromatic heterocycles. The number of imidazole rings is 1. The third kappa shape index (κ3) is 3.24. The number of nitrogens with one attached hydrogen (secondary N) is 1. The highest BCUT2D eigenvalue weighted by atomic mass is 16.2. The van der Waals surface area contributed by atoms with Gasteiger partial charge in [-0.05, 0) is 50.9 Å². The summed E-state index contributed by atoms with van der Waals surface area (Å²) in [6, 6.07) is 7.61. The number of hydrogen-bond donors (Lipinski definition) is 1. The summed E-state index contributed by atoms with van der Waals surface area (Å²) in [4.78, 5) is 27.0. The van der Waals surface area contributed by atoms with Gasteiger partial charge in [-0.3, -0.25) is 13.9 Å². The molecule has 1 fully saturated rings. The molecule has 0 spiro atoms. The topological polar surface area (TPSA) is 59.3 Å². The number of aryl methyl sites for hydroxylation is 1. The lowest BCUT2D eigenvalue weighted by Crippen LogP contribution is -2.41. The van der Waals surface area contributed by atoms with Gasteiger partial charge < -0.3 is 10.2 Å². The van der Waals surface area contributed by atoms with Crippen LogP contribution in [0.2, 0.25) is 0 Å². The lowest BCUT2D eigenvalue weighted by atomic mass is 9.93. The van der Waals surface area contributed by atoms with Crippen LogP contribution >= 0.6 is 0 Å². The van der Waals surface area contributed by atoms with E-state index in [9.17, 15) is 9.59 Å². The fourth-order valence-corrected chi connectivity index (χ4v) is 3.57. The van der Waals surface area contributed by atoms with E-state index in [0.717, 1.165) is 43.5 Å². The van der Waals surface area contributed by atoms with Crippen molar-refractivity contribution in [2.45, 2.75) is 25.8 Å². The summed E-state index contributed by atoms with van der Waals surface area (Å²) >= 11 is 0. The standard InChI is InChI=1S/C18H26N4O2/c1-19-10-7-14-8-11-21(12-9-14)17(23)13-22-16-6-4-3-5-15(16)20(2)18(22)24/h3-6,14,19H,7-13H2,1-2H3. The number of aromatic nitrogens is 2. The molecule has 0 atom stereocenters. The van der Waals surface area contributed by atoms with Crippen LogP contribution in [-0.2, 0) is 18.4 Å². The Kier molecular flexibility index (Phi) is 5.04. The van der Waals surface area contributed by atoms with Gasteiger partial charge in [0.05, 0.1) is 11.0 Å². The largest absolute Gasteiger partial charge is 0.341 e. The van der Waals surface area contributed by atoms with E-state index in [1.807, 2.05) is 36.2 Å². The Bertz CT molecular complexity index is 769. The molecule has 0 bridgehead atoms. The molecule has 24 heavy (non-hydrogen) atoms. The van der Waals surface area contributed by atoms with Crippen molar-refractivity contribution in [3.63, 3.8) is 0 Å². The predicted octanol–water partition coefficient (Wildman–Crippen LogP) is 1.19. The number of carbonyl (C=O) groups excluding carboxylic acids is 1. The van der Waals surface area contributed by atoms with Crippen LogP contribution in [0.3, 0.4) is 0 Å². The van der Waals surface area contributed by atoms with Crippen molar-refractivity contribution in [3.05, 3.63) is 34.7 Å². The lowest BCUT2D eigenvalue weighted by molar-refractivity contribution is -0.133. The molecule has 1 saturated heterocycles. The number of para-hydroxylation sites is 2. The number of benzene rings is 1. The van der Waals surface area contributed by atoms with E-state index in [4.69, 9.17) is 0 Å². The zero-order valence-corrected chi connectivity index (χ0v) is 14.5. The summed E-state index contributed by atoms with van der Waals surface area (Å²) in [7, 11) is 3.72. The van der Waals surface area contributed by atoms with Crippen LogP contribution in [-0.4, -0.2) is 46.6 Å². The molecule has 1 aliphatic heterocycles. The number of fused-ring (bicyclic) bond motifs is 1. The first-order valence-corrected chi connectivity index (χ1v) is 8.68.